The first-order chi connectivity index (χ1) is 8.02. The normalized spacial score (nSPS) is 10.5. The van der Waals surface area contributed by atoms with E-state index in [0.29, 0.717) is 6.07 Å². The molecule has 0 spiro atoms. The van der Waals surface area contributed by atoms with Crippen LogP contribution in [0.1, 0.15) is 0 Å². The van der Waals surface area contributed by atoms with Gasteiger partial charge in [0, 0.05) is 11.6 Å². The number of aromatic hydroxyl groups is 2. The molecule has 2 rings (SSSR count). The van der Waals surface area contributed by atoms with E-state index < -0.39 is 28.8 Å². The molecule has 2 aromatic rings. The van der Waals surface area contributed by atoms with E-state index in [1.807, 2.05) is 0 Å². The van der Waals surface area contributed by atoms with Crippen molar-refractivity contribution in [2.45, 2.75) is 0 Å². The third-order valence-electron chi connectivity index (χ3n) is 2.31. The fourth-order valence-corrected chi connectivity index (χ4v) is 1.52. The number of benzene rings is 2. The van der Waals surface area contributed by atoms with Crippen LogP contribution in [0.5, 0.6) is 11.5 Å². The molecule has 0 aliphatic carbocycles. The van der Waals surface area contributed by atoms with Crippen LogP contribution in [0.2, 0.25) is 0 Å². The Morgan fingerprint density at radius 1 is 0.824 bits per heavy atom. The molecular formula is C12H7F3O2. The Morgan fingerprint density at radius 2 is 1.47 bits per heavy atom. The van der Waals surface area contributed by atoms with Gasteiger partial charge in [-0.15, -0.1) is 0 Å². The molecule has 0 aromatic heterocycles. The van der Waals surface area contributed by atoms with Crippen molar-refractivity contribution in [2.24, 2.45) is 0 Å². The highest BCUT2D eigenvalue weighted by molar-refractivity contribution is 5.75. The SMILES string of the molecule is Oc1ccccc1-c1c(O)cc(F)c(F)c1F. The van der Waals surface area contributed by atoms with Gasteiger partial charge < -0.3 is 10.2 Å². The largest absolute Gasteiger partial charge is 0.507 e. The lowest BCUT2D eigenvalue weighted by Gasteiger charge is -2.09. The van der Waals surface area contributed by atoms with Gasteiger partial charge in [-0.2, -0.15) is 0 Å². The van der Waals surface area contributed by atoms with Crippen molar-refractivity contribution >= 4 is 0 Å². The molecule has 17 heavy (non-hydrogen) atoms. The number of para-hydroxylation sites is 1. The van der Waals surface area contributed by atoms with Crippen LogP contribution >= 0.6 is 0 Å². The molecule has 0 saturated heterocycles. The monoisotopic (exact) mass is 240 g/mol. The third kappa shape index (κ3) is 1.80. The second-order valence-electron chi connectivity index (χ2n) is 3.40. The third-order valence-corrected chi connectivity index (χ3v) is 2.31. The molecule has 0 amide bonds. The molecule has 2 aromatic carbocycles. The fraction of sp³-hybridized carbons (Fsp3) is 0. The molecule has 0 atom stereocenters. The van der Waals surface area contributed by atoms with Crippen molar-refractivity contribution in [2.75, 3.05) is 0 Å². The number of rotatable bonds is 1. The zero-order chi connectivity index (χ0) is 12.6. The quantitative estimate of drug-likeness (QED) is 0.751. The smallest absolute Gasteiger partial charge is 0.195 e. The summed E-state index contributed by atoms with van der Waals surface area (Å²) in [7, 11) is 0. The van der Waals surface area contributed by atoms with Crippen LogP contribution < -0.4 is 0 Å². The molecule has 0 saturated carbocycles. The second kappa shape index (κ2) is 4.01. The molecule has 88 valence electrons. The molecule has 0 unspecified atom stereocenters. The Labute approximate surface area is 94.6 Å². The van der Waals surface area contributed by atoms with E-state index in [4.69, 9.17) is 0 Å². The second-order valence-corrected chi connectivity index (χ2v) is 3.40. The van der Waals surface area contributed by atoms with Crippen LogP contribution in [-0.4, -0.2) is 10.2 Å². The van der Waals surface area contributed by atoms with Gasteiger partial charge in [-0.05, 0) is 6.07 Å². The lowest BCUT2D eigenvalue weighted by Crippen LogP contribution is -1.95. The molecule has 0 aliphatic heterocycles. The highest BCUT2D eigenvalue weighted by Crippen LogP contribution is 2.38. The summed E-state index contributed by atoms with van der Waals surface area (Å²) in [5.74, 6) is -5.83. The summed E-state index contributed by atoms with van der Waals surface area (Å²) in [6, 6.07) is 5.93. The minimum atomic E-state index is -1.69. The lowest BCUT2D eigenvalue weighted by atomic mass is 10.0. The van der Waals surface area contributed by atoms with E-state index in [-0.39, 0.29) is 11.3 Å². The molecule has 5 heteroatoms. The van der Waals surface area contributed by atoms with Crippen molar-refractivity contribution in [3.8, 4) is 22.6 Å². The Bertz CT molecular complexity index is 582. The number of phenolic OH excluding ortho intramolecular Hbond substituents is 2. The van der Waals surface area contributed by atoms with E-state index in [1.54, 1.807) is 0 Å². The molecular weight excluding hydrogens is 233 g/mol. The standard InChI is InChI=1S/C12H7F3O2/c13-7-5-9(17)10(12(15)11(7)14)6-3-1-2-4-8(6)16/h1-5,16-17H. The van der Waals surface area contributed by atoms with Crippen molar-refractivity contribution in [3.63, 3.8) is 0 Å². The van der Waals surface area contributed by atoms with E-state index in [1.165, 1.54) is 24.3 Å². The lowest BCUT2D eigenvalue weighted by molar-refractivity contribution is 0.421. The average molecular weight is 240 g/mol. The molecule has 0 bridgehead atoms. The first-order valence-corrected chi connectivity index (χ1v) is 4.67. The van der Waals surface area contributed by atoms with Gasteiger partial charge >= 0.3 is 0 Å². The Kier molecular flexibility index (Phi) is 2.67. The Balaban J connectivity index is 2.77. The number of hydrogen-bond acceptors (Lipinski definition) is 2. The van der Waals surface area contributed by atoms with Gasteiger partial charge in [0.1, 0.15) is 11.5 Å². The van der Waals surface area contributed by atoms with Crippen LogP contribution in [0.3, 0.4) is 0 Å². The van der Waals surface area contributed by atoms with Crippen molar-refractivity contribution in [1.82, 2.24) is 0 Å². The van der Waals surface area contributed by atoms with Crippen LogP contribution in [0.25, 0.3) is 11.1 Å². The summed E-state index contributed by atoms with van der Waals surface area (Å²) in [5.41, 5.74) is -0.677. The first kappa shape index (κ1) is 11.3. The minimum Gasteiger partial charge on any atom is -0.507 e. The highest BCUT2D eigenvalue weighted by Gasteiger charge is 2.21. The zero-order valence-corrected chi connectivity index (χ0v) is 8.42. The Hall–Kier alpha value is -2.17. The molecule has 2 nitrogen and oxygen atoms in total. The van der Waals surface area contributed by atoms with E-state index >= 15 is 0 Å². The Morgan fingerprint density at radius 3 is 2.12 bits per heavy atom. The van der Waals surface area contributed by atoms with Gasteiger partial charge in [-0.3, -0.25) is 0 Å². The van der Waals surface area contributed by atoms with Gasteiger partial charge in [0.25, 0.3) is 0 Å². The predicted octanol–water partition coefficient (Wildman–Crippen LogP) is 3.18. The summed E-state index contributed by atoms with van der Waals surface area (Å²) in [5, 5.41) is 18.9. The summed E-state index contributed by atoms with van der Waals surface area (Å²) in [6.07, 6.45) is 0. The van der Waals surface area contributed by atoms with Crippen LogP contribution in [0.4, 0.5) is 13.2 Å². The summed E-state index contributed by atoms with van der Waals surface area (Å²) < 4.78 is 39.3. The summed E-state index contributed by atoms with van der Waals surface area (Å²) >= 11 is 0. The molecule has 2 N–H and O–H groups in total. The van der Waals surface area contributed by atoms with E-state index in [0.717, 1.165) is 0 Å². The fourth-order valence-electron chi connectivity index (χ4n) is 1.52. The van der Waals surface area contributed by atoms with Crippen molar-refractivity contribution in [3.05, 3.63) is 47.8 Å². The number of hydrogen-bond donors (Lipinski definition) is 2. The summed E-state index contributed by atoms with van der Waals surface area (Å²) in [6.45, 7) is 0. The number of phenols is 2. The predicted molar refractivity (Wildman–Crippen MR) is 55.1 cm³/mol. The van der Waals surface area contributed by atoms with Crippen LogP contribution in [0, 0.1) is 17.5 Å². The number of halogens is 3. The topological polar surface area (TPSA) is 40.5 Å². The maximum atomic E-state index is 13.5. The van der Waals surface area contributed by atoms with E-state index in [2.05, 4.69) is 0 Å². The molecule has 0 radical (unpaired) electrons. The molecule has 0 heterocycles. The van der Waals surface area contributed by atoms with Gasteiger partial charge in [-0.1, -0.05) is 18.2 Å². The van der Waals surface area contributed by atoms with E-state index in [9.17, 15) is 23.4 Å². The maximum Gasteiger partial charge on any atom is 0.195 e. The van der Waals surface area contributed by atoms with Crippen molar-refractivity contribution in [1.29, 1.82) is 0 Å². The molecule has 0 fully saturated rings. The highest BCUT2D eigenvalue weighted by atomic mass is 19.2. The van der Waals surface area contributed by atoms with Crippen molar-refractivity contribution < 1.29 is 23.4 Å². The zero-order valence-electron chi connectivity index (χ0n) is 8.42. The van der Waals surface area contributed by atoms with Gasteiger partial charge in [0.05, 0.1) is 5.56 Å². The van der Waals surface area contributed by atoms with Gasteiger partial charge in [0.2, 0.25) is 0 Å². The van der Waals surface area contributed by atoms with Crippen LogP contribution in [0.15, 0.2) is 30.3 Å². The van der Waals surface area contributed by atoms with Gasteiger partial charge in [0.15, 0.2) is 17.5 Å². The minimum absolute atomic E-state index is 0.110. The first-order valence-electron chi connectivity index (χ1n) is 4.67. The average Bonchev–Trinajstić information content (AvgIpc) is 2.29. The summed E-state index contributed by atoms with van der Waals surface area (Å²) in [4.78, 5) is 0. The molecule has 0 aliphatic rings. The van der Waals surface area contributed by atoms with Crippen LogP contribution in [-0.2, 0) is 0 Å². The maximum absolute atomic E-state index is 13.5. The van der Waals surface area contributed by atoms with Gasteiger partial charge in [-0.25, -0.2) is 13.2 Å².